The average molecular weight is 445 g/mol. The first-order chi connectivity index (χ1) is 12.4. The van der Waals surface area contributed by atoms with E-state index in [1.165, 1.54) is 6.92 Å². The van der Waals surface area contributed by atoms with E-state index in [-0.39, 0.29) is 29.0 Å². The second-order valence-electron chi connectivity index (χ2n) is 10.7. The van der Waals surface area contributed by atoms with Crippen molar-refractivity contribution in [3.05, 3.63) is 0 Å². The summed E-state index contributed by atoms with van der Waals surface area (Å²) >= 11 is 3.80. The first-order valence-electron chi connectivity index (χ1n) is 10.7. The zero-order valence-corrected chi connectivity index (χ0v) is 18.6. The molecule has 10 atom stereocenters. The second kappa shape index (κ2) is 6.01. The molecule has 0 aliphatic heterocycles. The Balaban J connectivity index is 1.74. The van der Waals surface area contributed by atoms with Crippen LogP contribution in [0.15, 0.2) is 0 Å². The molecule has 0 saturated heterocycles. The van der Waals surface area contributed by atoms with Gasteiger partial charge in [0.25, 0.3) is 0 Å². The van der Waals surface area contributed by atoms with E-state index in [2.05, 4.69) is 29.8 Å². The summed E-state index contributed by atoms with van der Waals surface area (Å²) in [5.74, 6) is 0.530. The molecule has 3 nitrogen and oxygen atoms in total. The number of Topliss-reactive ketones (excluding diaryl/α,β-unsaturated/α-hetero) is 1. The Labute approximate surface area is 170 Å². The maximum Gasteiger partial charge on any atom is 0.162 e. The van der Waals surface area contributed by atoms with Crippen LogP contribution in [0.5, 0.6) is 0 Å². The fourth-order valence-corrected chi connectivity index (χ4v) is 9.31. The molecule has 0 aromatic heterocycles. The summed E-state index contributed by atoms with van der Waals surface area (Å²) in [5.41, 5.74) is -1.95. The van der Waals surface area contributed by atoms with Crippen molar-refractivity contribution < 1.29 is 19.4 Å². The molecule has 27 heavy (non-hydrogen) atoms. The second-order valence-corrected chi connectivity index (χ2v) is 12.1. The standard InChI is InChI=1S/C22H34BrFO3/c1-12-9-17-15-10-18(24)21(23)11-14(26)5-7-19(21,3)16(15)6-8-20(17,4)22(12,27)13(2)25/h12,14-18,26-27H,5-11H2,1-4H3/t12?,14?,15-,16+,17+,18?,19-,20+,21?,22+/m1/s1. The molecule has 0 aromatic rings. The molecule has 0 bridgehead atoms. The summed E-state index contributed by atoms with van der Waals surface area (Å²) in [5, 5.41) is 21.7. The van der Waals surface area contributed by atoms with Gasteiger partial charge in [0, 0.05) is 5.41 Å². The van der Waals surface area contributed by atoms with Gasteiger partial charge in [0.15, 0.2) is 5.78 Å². The van der Waals surface area contributed by atoms with Gasteiger partial charge >= 0.3 is 0 Å². The molecule has 0 heterocycles. The fourth-order valence-electron chi connectivity index (χ4n) is 8.26. The van der Waals surface area contributed by atoms with Gasteiger partial charge in [-0.15, -0.1) is 0 Å². The lowest BCUT2D eigenvalue weighted by Crippen LogP contribution is -2.66. The van der Waals surface area contributed by atoms with Crippen LogP contribution >= 0.6 is 15.9 Å². The summed E-state index contributed by atoms with van der Waals surface area (Å²) in [6.45, 7) is 7.80. The molecule has 4 saturated carbocycles. The topological polar surface area (TPSA) is 57.5 Å². The Kier molecular flexibility index (Phi) is 4.51. The maximum atomic E-state index is 15.6. The zero-order valence-electron chi connectivity index (χ0n) is 17.0. The van der Waals surface area contributed by atoms with Crippen LogP contribution in [0, 0.1) is 34.5 Å². The fraction of sp³-hybridized carbons (Fsp3) is 0.955. The molecule has 4 aliphatic rings. The minimum Gasteiger partial charge on any atom is -0.393 e. The number of aliphatic hydroxyl groups is 2. The number of carbonyl (C=O) groups excluding carboxylic acids is 1. The normalized spacial score (nSPS) is 60.3. The van der Waals surface area contributed by atoms with Gasteiger partial charge in [0.1, 0.15) is 11.8 Å². The number of aliphatic hydroxyl groups excluding tert-OH is 1. The van der Waals surface area contributed by atoms with Crippen LogP contribution in [0.1, 0.15) is 72.6 Å². The molecule has 4 unspecified atom stereocenters. The largest absolute Gasteiger partial charge is 0.393 e. The third-order valence-electron chi connectivity index (χ3n) is 9.83. The maximum absolute atomic E-state index is 15.6. The predicted octanol–water partition coefficient (Wildman–Crippen LogP) is 4.42. The van der Waals surface area contributed by atoms with Crippen molar-refractivity contribution in [2.24, 2.45) is 34.5 Å². The molecule has 0 aromatic carbocycles. The van der Waals surface area contributed by atoms with Gasteiger partial charge < -0.3 is 10.2 Å². The smallest absolute Gasteiger partial charge is 0.162 e. The van der Waals surface area contributed by atoms with Crippen LogP contribution < -0.4 is 0 Å². The lowest BCUT2D eigenvalue weighted by molar-refractivity contribution is -0.177. The molecule has 4 aliphatic carbocycles. The van der Waals surface area contributed by atoms with E-state index in [4.69, 9.17) is 0 Å². The molecule has 4 rings (SSSR count). The van der Waals surface area contributed by atoms with E-state index in [1.54, 1.807) is 0 Å². The van der Waals surface area contributed by atoms with E-state index in [0.29, 0.717) is 18.8 Å². The van der Waals surface area contributed by atoms with Crippen LogP contribution in [-0.2, 0) is 4.79 Å². The first kappa shape index (κ1) is 20.3. The molecular weight excluding hydrogens is 411 g/mol. The summed E-state index contributed by atoms with van der Waals surface area (Å²) in [6.07, 6.45) is 3.60. The lowest BCUT2D eigenvalue weighted by atomic mass is 9.43. The molecule has 0 spiro atoms. The highest BCUT2D eigenvalue weighted by atomic mass is 79.9. The SMILES string of the molecule is CC(=O)[C@@]1(O)C(C)C[C@H]2[C@@H]3CC(F)C4(Br)CC(O)CC[C@]4(C)[C@H]3CC[C@@]21C. The highest BCUT2D eigenvalue weighted by molar-refractivity contribution is 9.10. The number of carbonyl (C=O) groups is 1. The van der Waals surface area contributed by atoms with Crippen LogP contribution in [0.3, 0.4) is 0 Å². The Morgan fingerprint density at radius 1 is 1.11 bits per heavy atom. The van der Waals surface area contributed by atoms with Gasteiger partial charge in [-0.25, -0.2) is 4.39 Å². The van der Waals surface area contributed by atoms with Crippen molar-refractivity contribution in [2.75, 3.05) is 0 Å². The van der Waals surface area contributed by atoms with Crippen molar-refractivity contribution >= 4 is 21.7 Å². The van der Waals surface area contributed by atoms with Crippen molar-refractivity contribution in [2.45, 2.75) is 94.8 Å². The molecule has 5 heteroatoms. The highest BCUT2D eigenvalue weighted by Gasteiger charge is 2.71. The van der Waals surface area contributed by atoms with E-state index in [9.17, 15) is 15.0 Å². The minimum atomic E-state index is -1.29. The Morgan fingerprint density at radius 3 is 2.37 bits per heavy atom. The number of halogens is 2. The van der Waals surface area contributed by atoms with E-state index in [1.807, 2.05) is 6.92 Å². The lowest BCUT2D eigenvalue weighted by Gasteiger charge is -2.65. The summed E-state index contributed by atoms with van der Waals surface area (Å²) < 4.78 is 15.0. The van der Waals surface area contributed by atoms with Crippen LogP contribution in [0.2, 0.25) is 0 Å². The van der Waals surface area contributed by atoms with E-state index in [0.717, 1.165) is 32.1 Å². The molecule has 0 radical (unpaired) electrons. The van der Waals surface area contributed by atoms with Gasteiger partial charge in [-0.05, 0) is 81.0 Å². The zero-order chi connectivity index (χ0) is 20.0. The van der Waals surface area contributed by atoms with Crippen LogP contribution in [0.25, 0.3) is 0 Å². The minimum absolute atomic E-state index is 0.0848. The number of alkyl halides is 2. The van der Waals surface area contributed by atoms with Crippen molar-refractivity contribution in [3.63, 3.8) is 0 Å². The van der Waals surface area contributed by atoms with Crippen LogP contribution in [0.4, 0.5) is 4.39 Å². The number of ketones is 1. The highest BCUT2D eigenvalue weighted by Crippen LogP contribution is 2.71. The Morgan fingerprint density at radius 2 is 1.74 bits per heavy atom. The predicted molar refractivity (Wildman–Crippen MR) is 106 cm³/mol. The Hall–Kier alpha value is -0.0000000000000000208. The number of hydrogen-bond donors (Lipinski definition) is 2. The summed E-state index contributed by atoms with van der Waals surface area (Å²) in [6, 6.07) is 0. The average Bonchev–Trinajstić information content (AvgIpc) is 2.80. The Bertz CT molecular complexity index is 657. The number of rotatable bonds is 1. The third-order valence-corrected chi connectivity index (χ3v) is 11.6. The molecule has 154 valence electrons. The van der Waals surface area contributed by atoms with Gasteiger partial charge in [-0.2, -0.15) is 0 Å². The molecular formula is C22H34BrFO3. The van der Waals surface area contributed by atoms with Gasteiger partial charge in [0.2, 0.25) is 0 Å². The van der Waals surface area contributed by atoms with Gasteiger partial charge in [-0.1, -0.05) is 36.7 Å². The third kappa shape index (κ3) is 2.28. The van der Waals surface area contributed by atoms with E-state index < -0.39 is 27.6 Å². The monoisotopic (exact) mass is 444 g/mol. The first-order valence-corrected chi connectivity index (χ1v) is 11.5. The molecule has 0 amide bonds. The van der Waals surface area contributed by atoms with Gasteiger partial charge in [-0.3, -0.25) is 4.79 Å². The summed E-state index contributed by atoms with van der Waals surface area (Å²) in [4.78, 5) is 12.5. The number of hydrogen-bond acceptors (Lipinski definition) is 3. The van der Waals surface area contributed by atoms with Crippen molar-refractivity contribution in [3.8, 4) is 0 Å². The van der Waals surface area contributed by atoms with Gasteiger partial charge in [0.05, 0.1) is 10.4 Å². The number of fused-ring (bicyclic) bond motifs is 5. The van der Waals surface area contributed by atoms with Crippen molar-refractivity contribution in [1.82, 2.24) is 0 Å². The molecule has 2 N–H and O–H groups in total. The summed E-state index contributed by atoms with van der Waals surface area (Å²) in [7, 11) is 0. The van der Waals surface area contributed by atoms with Crippen LogP contribution in [-0.4, -0.2) is 38.2 Å². The quantitative estimate of drug-likeness (QED) is 0.588. The van der Waals surface area contributed by atoms with E-state index >= 15 is 4.39 Å². The molecule has 4 fully saturated rings. The van der Waals surface area contributed by atoms with Crippen molar-refractivity contribution in [1.29, 1.82) is 0 Å².